The van der Waals surface area contributed by atoms with Gasteiger partial charge in [0, 0.05) is 23.6 Å². The number of aryl methyl sites for hydroxylation is 1. The molecule has 0 fully saturated rings. The quantitative estimate of drug-likeness (QED) is 0.334. The zero-order valence-electron chi connectivity index (χ0n) is 16.7. The number of primary amides is 1. The number of anilines is 1. The number of carbonyl (C=O) groups is 2. The maximum Gasteiger partial charge on any atom is 0.254 e. The normalized spacial score (nSPS) is 11.5. The van der Waals surface area contributed by atoms with Crippen LogP contribution in [0.25, 0.3) is 22.4 Å². The van der Waals surface area contributed by atoms with Crippen LogP contribution in [0.4, 0.5) is 5.69 Å². The van der Waals surface area contributed by atoms with Crippen molar-refractivity contribution in [3.8, 4) is 11.4 Å². The van der Waals surface area contributed by atoms with E-state index >= 15 is 0 Å². The minimum absolute atomic E-state index is 0. The molecule has 164 valence electrons. The summed E-state index contributed by atoms with van der Waals surface area (Å²) in [6.07, 6.45) is 4.27. The fourth-order valence-corrected chi connectivity index (χ4v) is 3.44. The van der Waals surface area contributed by atoms with Crippen molar-refractivity contribution in [1.29, 1.82) is 0 Å². The van der Waals surface area contributed by atoms with Gasteiger partial charge >= 0.3 is 0 Å². The lowest BCUT2D eigenvalue weighted by atomic mass is 10.0. The highest BCUT2D eigenvalue weighted by Gasteiger charge is 2.21. The molecule has 2 amide bonds. The second-order valence-corrected chi connectivity index (χ2v) is 7.24. The molecule has 0 spiro atoms. The highest BCUT2D eigenvalue weighted by molar-refractivity contribution is 6.06. The number of para-hydroxylation sites is 1. The molecule has 0 aliphatic heterocycles. The number of H-pyrrole nitrogens is 1. The van der Waals surface area contributed by atoms with Crippen LogP contribution in [0.3, 0.4) is 0 Å². The highest BCUT2D eigenvalue weighted by Crippen LogP contribution is 2.22. The predicted molar refractivity (Wildman–Crippen MR) is 126 cm³/mol. The minimum Gasteiger partial charge on any atom is -0.399 e. The third kappa shape index (κ3) is 4.92. The number of aromatic nitrogens is 3. The first-order chi connectivity index (χ1) is 15.0. The summed E-state index contributed by atoms with van der Waals surface area (Å²) in [5.74, 6) is -0.371. The Bertz CT molecular complexity index is 1240. The van der Waals surface area contributed by atoms with E-state index in [0.717, 1.165) is 16.6 Å². The first kappa shape index (κ1) is 22.5. The summed E-state index contributed by atoms with van der Waals surface area (Å²) in [4.78, 5) is 36.7. The number of nitrogens with zero attached hydrogens (tertiary/aromatic N) is 2. The van der Waals surface area contributed by atoms with Gasteiger partial charge in [-0.2, -0.15) is 0 Å². The number of pyridine rings is 1. The zero-order chi connectivity index (χ0) is 21.8. The Labute approximate surface area is 186 Å². The molecule has 8 nitrogen and oxygen atoms in total. The molecule has 4 rings (SSSR count). The van der Waals surface area contributed by atoms with Crippen LogP contribution >= 0.6 is 0 Å². The van der Waals surface area contributed by atoms with Gasteiger partial charge in [-0.1, -0.05) is 25.6 Å². The molecule has 2 aromatic heterocycles. The van der Waals surface area contributed by atoms with Crippen LogP contribution < -0.4 is 16.8 Å². The van der Waals surface area contributed by atoms with Crippen molar-refractivity contribution in [1.82, 2.24) is 20.3 Å². The smallest absolute Gasteiger partial charge is 0.254 e. The monoisotopic (exact) mass is 430 g/mol. The second-order valence-electron chi connectivity index (χ2n) is 7.24. The summed E-state index contributed by atoms with van der Waals surface area (Å²) in [6.45, 7) is 0. The largest absolute Gasteiger partial charge is 0.399 e. The Balaban J connectivity index is 0.00000289. The Hall–Kier alpha value is -4.20. The van der Waals surface area contributed by atoms with E-state index in [4.69, 9.17) is 11.5 Å². The SMILES string of the molecule is C.NC(=O)[C@H](CCc1cccc(N)c1)NC(=O)c1cccc2[nH]c(-c3ccncc3)nc12. The number of amides is 2. The van der Waals surface area contributed by atoms with E-state index in [1.165, 1.54) is 0 Å². The van der Waals surface area contributed by atoms with E-state index < -0.39 is 17.9 Å². The number of rotatable bonds is 7. The lowest BCUT2D eigenvalue weighted by Crippen LogP contribution is -2.44. The molecule has 0 aliphatic carbocycles. The van der Waals surface area contributed by atoms with E-state index in [0.29, 0.717) is 35.4 Å². The Morgan fingerprint density at radius 1 is 1.06 bits per heavy atom. The Kier molecular flexibility index (Phi) is 6.84. The molecule has 0 saturated carbocycles. The Morgan fingerprint density at radius 3 is 2.53 bits per heavy atom. The number of imidazole rings is 1. The molecule has 6 N–H and O–H groups in total. The third-order valence-electron chi connectivity index (χ3n) is 5.03. The molecule has 2 heterocycles. The first-order valence-corrected chi connectivity index (χ1v) is 9.85. The lowest BCUT2D eigenvalue weighted by molar-refractivity contribution is -0.120. The van der Waals surface area contributed by atoms with Crippen LogP contribution in [-0.4, -0.2) is 32.8 Å². The average molecular weight is 431 g/mol. The number of hydrogen-bond donors (Lipinski definition) is 4. The number of nitrogens with two attached hydrogens (primary N) is 2. The standard InChI is InChI=1S/C23H22N6O2.CH4/c24-16-4-1-3-14(13-16)7-8-19(21(25)30)28-23(31)17-5-2-6-18-20(17)29-22(27-18)15-9-11-26-12-10-15;/h1-6,9-13,19H,7-8,24H2,(H2,25,30)(H,27,29)(H,28,31);1H4/t19-;/m0./s1. The van der Waals surface area contributed by atoms with Gasteiger partial charge in [0.25, 0.3) is 5.91 Å². The minimum atomic E-state index is -0.817. The molecular formula is C24H26N6O2. The van der Waals surface area contributed by atoms with Crippen molar-refractivity contribution >= 4 is 28.5 Å². The molecule has 0 saturated heterocycles. The van der Waals surface area contributed by atoms with E-state index in [2.05, 4.69) is 20.3 Å². The summed E-state index contributed by atoms with van der Waals surface area (Å²) in [5, 5.41) is 2.75. The van der Waals surface area contributed by atoms with Crippen LogP contribution in [0.1, 0.15) is 29.8 Å². The third-order valence-corrected chi connectivity index (χ3v) is 5.03. The maximum absolute atomic E-state index is 13.0. The molecular weight excluding hydrogens is 404 g/mol. The van der Waals surface area contributed by atoms with Gasteiger partial charge in [-0.25, -0.2) is 4.98 Å². The van der Waals surface area contributed by atoms with Crippen LogP contribution in [0.5, 0.6) is 0 Å². The van der Waals surface area contributed by atoms with Crippen molar-refractivity contribution in [3.63, 3.8) is 0 Å². The fourth-order valence-electron chi connectivity index (χ4n) is 3.44. The van der Waals surface area contributed by atoms with Crippen LogP contribution in [0.15, 0.2) is 67.0 Å². The number of nitrogen functional groups attached to an aromatic ring is 1. The maximum atomic E-state index is 13.0. The first-order valence-electron chi connectivity index (χ1n) is 9.85. The summed E-state index contributed by atoms with van der Waals surface area (Å²) in [7, 11) is 0. The van der Waals surface area contributed by atoms with E-state index in [1.54, 1.807) is 30.6 Å². The number of nitrogens with one attached hydrogen (secondary N) is 2. The molecule has 0 unspecified atom stereocenters. The summed E-state index contributed by atoms with van der Waals surface area (Å²) in [6, 6.07) is 15.5. The van der Waals surface area contributed by atoms with Crippen LogP contribution in [-0.2, 0) is 11.2 Å². The van der Waals surface area contributed by atoms with Gasteiger partial charge in [-0.05, 0) is 54.8 Å². The van der Waals surface area contributed by atoms with E-state index in [1.807, 2.05) is 36.4 Å². The zero-order valence-corrected chi connectivity index (χ0v) is 16.7. The predicted octanol–water partition coefficient (Wildman–Crippen LogP) is 3.06. The topological polar surface area (TPSA) is 140 Å². The number of hydrogen-bond acceptors (Lipinski definition) is 5. The molecule has 0 aliphatic rings. The second kappa shape index (κ2) is 9.74. The van der Waals surface area contributed by atoms with Crippen molar-refractivity contribution < 1.29 is 9.59 Å². The van der Waals surface area contributed by atoms with Crippen molar-refractivity contribution in [2.45, 2.75) is 26.3 Å². The van der Waals surface area contributed by atoms with Gasteiger partial charge in [0.1, 0.15) is 17.4 Å². The van der Waals surface area contributed by atoms with E-state index in [9.17, 15) is 9.59 Å². The molecule has 1 atom stereocenters. The molecule has 8 heteroatoms. The van der Waals surface area contributed by atoms with Gasteiger partial charge in [-0.3, -0.25) is 14.6 Å². The van der Waals surface area contributed by atoms with Crippen LogP contribution in [0, 0.1) is 0 Å². The number of aromatic amines is 1. The average Bonchev–Trinajstić information content (AvgIpc) is 3.21. The highest BCUT2D eigenvalue weighted by atomic mass is 16.2. The molecule has 4 aromatic rings. The van der Waals surface area contributed by atoms with Crippen molar-refractivity contribution in [2.24, 2.45) is 5.73 Å². The molecule has 0 bridgehead atoms. The van der Waals surface area contributed by atoms with Crippen molar-refractivity contribution in [2.75, 3.05) is 5.73 Å². The van der Waals surface area contributed by atoms with Gasteiger partial charge in [0.2, 0.25) is 5.91 Å². The molecule has 32 heavy (non-hydrogen) atoms. The number of carbonyl (C=O) groups excluding carboxylic acids is 2. The van der Waals surface area contributed by atoms with Gasteiger partial charge in [0.15, 0.2) is 0 Å². The molecule has 0 radical (unpaired) electrons. The van der Waals surface area contributed by atoms with Crippen LogP contribution in [0.2, 0.25) is 0 Å². The van der Waals surface area contributed by atoms with E-state index in [-0.39, 0.29) is 7.43 Å². The number of fused-ring (bicyclic) bond motifs is 1. The van der Waals surface area contributed by atoms with Gasteiger partial charge in [0.05, 0.1) is 11.1 Å². The summed E-state index contributed by atoms with van der Waals surface area (Å²) >= 11 is 0. The summed E-state index contributed by atoms with van der Waals surface area (Å²) < 4.78 is 0. The summed E-state index contributed by atoms with van der Waals surface area (Å²) in [5.41, 5.74) is 15.4. The lowest BCUT2D eigenvalue weighted by Gasteiger charge is -2.16. The number of benzene rings is 2. The van der Waals surface area contributed by atoms with Gasteiger partial charge < -0.3 is 21.8 Å². The van der Waals surface area contributed by atoms with Crippen molar-refractivity contribution in [3.05, 3.63) is 78.1 Å². The molecule has 2 aromatic carbocycles. The van der Waals surface area contributed by atoms with Gasteiger partial charge in [-0.15, -0.1) is 0 Å². The Morgan fingerprint density at radius 2 is 1.81 bits per heavy atom. The fraction of sp³-hybridized carbons (Fsp3) is 0.167.